The summed E-state index contributed by atoms with van der Waals surface area (Å²) in [7, 11) is 2.12. The quantitative estimate of drug-likeness (QED) is 0.745. The summed E-state index contributed by atoms with van der Waals surface area (Å²) >= 11 is 1.52. The van der Waals surface area contributed by atoms with Gasteiger partial charge in [0.25, 0.3) is 0 Å². The molecule has 0 aromatic carbocycles. The van der Waals surface area contributed by atoms with Crippen LogP contribution in [0, 0.1) is 0 Å². The van der Waals surface area contributed by atoms with Crippen molar-refractivity contribution in [3.05, 3.63) is 11.1 Å². The van der Waals surface area contributed by atoms with E-state index in [-0.39, 0.29) is 5.91 Å². The molecule has 1 aromatic rings. The third-order valence-corrected chi connectivity index (χ3v) is 4.21. The lowest BCUT2D eigenvalue weighted by molar-refractivity contribution is -0.116. The molecule has 0 atom stereocenters. The monoisotopic (exact) mass is 298 g/mol. The molecule has 0 fully saturated rings. The molecule has 1 rings (SSSR count). The Kier molecular flexibility index (Phi) is 7.12. The SMILES string of the molecule is CCN(C(C)=O)c1nc(CNCCN(C)C(C)C)cs1. The second-order valence-electron chi connectivity index (χ2n) is 5.14. The Morgan fingerprint density at radius 3 is 2.75 bits per heavy atom. The molecule has 0 aliphatic rings. The van der Waals surface area contributed by atoms with Crippen LogP contribution in [0.4, 0.5) is 5.13 Å². The first-order valence-corrected chi connectivity index (χ1v) is 7.97. The zero-order chi connectivity index (χ0) is 15.1. The lowest BCUT2D eigenvalue weighted by Gasteiger charge is -2.20. The van der Waals surface area contributed by atoms with E-state index < -0.39 is 0 Å². The lowest BCUT2D eigenvalue weighted by atomic mass is 10.3. The molecule has 6 heteroatoms. The average molecular weight is 298 g/mol. The van der Waals surface area contributed by atoms with Crippen LogP contribution in [0.5, 0.6) is 0 Å². The van der Waals surface area contributed by atoms with Crippen LogP contribution in [0.1, 0.15) is 33.4 Å². The molecule has 0 bridgehead atoms. The minimum absolute atomic E-state index is 0.0416. The fourth-order valence-electron chi connectivity index (χ4n) is 1.72. The van der Waals surface area contributed by atoms with Gasteiger partial charge in [-0.3, -0.25) is 9.69 Å². The molecule has 0 radical (unpaired) electrons. The van der Waals surface area contributed by atoms with Gasteiger partial charge in [0.1, 0.15) is 0 Å². The van der Waals surface area contributed by atoms with Gasteiger partial charge in [-0.2, -0.15) is 0 Å². The van der Waals surface area contributed by atoms with Crippen molar-refractivity contribution >= 4 is 22.4 Å². The summed E-state index contributed by atoms with van der Waals surface area (Å²) < 4.78 is 0. The Balaban J connectivity index is 2.39. The van der Waals surface area contributed by atoms with E-state index in [4.69, 9.17) is 0 Å². The van der Waals surface area contributed by atoms with Crippen LogP contribution in [0.25, 0.3) is 0 Å². The van der Waals surface area contributed by atoms with Crippen LogP contribution in [-0.4, -0.2) is 48.5 Å². The first-order chi connectivity index (χ1) is 9.45. The van der Waals surface area contributed by atoms with E-state index in [2.05, 4.69) is 36.1 Å². The van der Waals surface area contributed by atoms with E-state index >= 15 is 0 Å². The molecule has 0 saturated heterocycles. The fraction of sp³-hybridized carbons (Fsp3) is 0.714. The van der Waals surface area contributed by atoms with Crippen molar-refractivity contribution in [2.75, 3.05) is 31.6 Å². The number of amides is 1. The second kappa shape index (κ2) is 8.34. The van der Waals surface area contributed by atoms with Crippen molar-refractivity contribution in [2.24, 2.45) is 0 Å². The number of likely N-dealkylation sites (N-methyl/N-ethyl adjacent to an activating group) is 1. The van der Waals surface area contributed by atoms with Gasteiger partial charge in [-0.1, -0.05) is 0 Å². The van der Waals surface area contributed by atoms with Crippen molar-refractivity contribution < 1.29 is 4.79 Å². The smallest absolute Gasteiger partial charge is 0.225 e. The summed E-state index contributed by atoms with van der Waals surface area (Å²) in [6, 6.07) is 0.566. The van der Waals surface area contributed by atoms with E-state index in [9.17, 15) is 4.79 Å². The molecule has 20 heavy (non-hydrogen) atoms. The number of anilines is 1. The highest BCUT2D eigenvalue weighted by Gasteiger charge is 2.13. The molecule has 1 heterocycles. The first-order valence-electron chi connectivity index (χ1n) is 7.09. The third kappa shape index (κ3) is 5.19. The Morgan fingerprint density at radius 2 is 2.20 bits per heavy atom. The molecule has 0 unspecified atom stereocenters. The van der Waals surface area contributed by atoms with Gasteiger partial charge >= 0.3 is 0 Å². The fourth-order valence-corrected chi connectivity index (χ4v) is 2.66. The van der Waals surface area contributed by atoms with Crippen LogP contribution in [0.3, 0.4) is 0 Å². The predicted molar refractivity (Wildman–Crippen MR) is 85.3 cm³/mol. The van der Waals surface area contributed by atoms with Crippen LogP contribution in [0.2, 0.25) is 0 Å². The molecule has 0 aliphatic carbocycles. The van der Waals surface area contributed by atoms with Crippen LogP contribution in [-0.2, 0) is 11.3 Å². The molecule has 0 spiro atoms. The third-order valence-electron chi connectivity index (χ3n) is 3.30. The van der Waals surface area contributed by atoms with Gasteiger partial charge in [0.15, 0.2) is 5.13 Å². The molecular weight excluding hydrogens is 272 g/mol. The Bertz CT molecular complexity index is 419. The average Bonchev–Trinajstić information content (AvgIpc) is 2.83. The molecule has 1 aromatic heterocycles. The van der Waals surface area contributed by atoms with Gasteiger partial charge in [-0.15, -0.1) is 11.3 Å². The summed E-state index contributed by atoms with van der Waals surface area (Å²) in [6.45, 7) is 11.3. The zero-order valence-corrected chi connectivity index (χ0v) is 14.0. The largest absolute Gasteiger partial charge is 0.310 e. The number of carbonyl (C=O) groups is 1. The van der Waals surface area contributed by atoms with Crippen molar-refractivity contribution in [2.45, 2.75) is 40.3 Å². The highest BCUT2D eigenvalue weighted by molar-refractivity contribution is 7.14. The predicted octanol–water partition coefficient (Wildman–Crippen LogP) is 1.95. The molecule has 0 aliphatic heterocycles. The van der Waals surface area contributed by atoms with E-state index in [0.717, 1.165) is 30.5 Å². The number of hydrogen-bond acceptors (Lipinski definition) is 5. The van der Waals surface area contributed by atoms with Gasteiger partial charge < -0.3 is 10.2 Å². The summed E-state index contributed by atoms with van der Waals surface area (Å²) in [6.07, 6.45) is 0. The summed E-state index contributed by atoms with van der Waals surface area (Å²) in [4.78, 5) is 20.0. The maximum absolute atomic E-state index is 11.5. The second-order valence-corrected chi connectivity index (χ2v) is 5.97. The number of hydrogen-bond donors (Lipinski definition) is 1. The molecule has 1 amide bonds. The highest BCUT2D eigenvalue weighted by atomic mass is 32.1. The van der Waals surface area contributed by atoms with E-state index in [1.807, 2.05) is 12.3 Å². The normalized spacial score (nSPS) is 11.3. The Labute approximate surface area is 126 Å². The van der Waals surface area contributed by atoms with Gasteiger partial charge in [0.2, 0.25) is 5.91 Å². The summed E-state index contributed by atoms with van der Waals surface area (Å²) in [5.41, 5.74) is 0.997. The van der Waals surface area contributed by atoms with Gasteiger partial charge in [-0.25, -0.2) is 4.98 Å². The number of carbonyl (C=O) groups excluding carboxylic acids is 1. The van der Waals surface area contributed by atoms with Crippen LogP contribution in [0.15, 0.2) is 5.38 Å². The minimum Gasteiger partial charge on any atom is -0.310 e. The van der Waals surface area contributed by atoms with Gasteiger partial charge in [0.05, 0.1) is 5.69 Å². The zero-order valence-electron chi connectivity index (χ0n) is 13.1. The number of nitrogens with zero attached hydrogens (tertiary/aromatic N) is 3. The Hall–Kier alpha value is -0.980. The number of aromatic nitrogens is 1. The van der Waals surface area contributed by atoms with Gasteiger partial charge in [-0.05, 0) is 27.8 Å². The van der Waals surface area contributed by atoms with E-state index in [1.54, 1.807) is 11.8 Å². The van der Waals surface area contributed by atoms with Crippen molar-refractivity contribution in [3.8, 4) is 0 Å². The summed E-state index contributed by atoms with van der Waals surface area (Å²) in [5.74, 6) is 0.0416. The first kappa shape index (κ1) is 17.1. The molecule has 114 valence electrons. The lowest BCUT2D eigenvalue weighted by Crippen LogP contribution is -2.33. The summed E-state index contributed by atoms with van der Waals surface area (Å²) in [5, 5.41) is 6.19. The molecule has 1 N–H and O–H groups in total. The molecular formula is C14H26N4OS. The maximum Gasteiger partial charge on any atom is 0.225 e. The standard InChI is InChI=1S/C14H26N4OS/c1-6-18(12(4)19)14-16-13(10-20-14)9-15-7-8-17(5)11(2)3/h10-11,15H,6-9H2,1-5H3. The number of nitrogens with one attached hydrogen (secondary N) is 1. The number of thiazole rings is 1. The maximum atomic E-state index is 11.5. The van der Waals surface area contributed by atoms with Crippen LogP contribution < -0.4 is 10.2 Å². The van der Waals surface area contributed by atoms with E-state index in [0.29, 0.717) is 12.6 Å². The van der Waals surface area contributed by atoms with Gasteiger partial charge in [0, 0.05) is 44.5 Å². The van der Waals surface area contributed by atoms with Crippen molar-refractivity contribution in [1.29, 1.82) is 0 Å². The Morgan fingerprint density at radius 1 is 1.50 bits per heavy atom. The number of rotatable bonds is 8. The van der Waals surface area contributed by atoms with E-state index in [1.165, 1.54) is 11.3 Å². The van der Waals surface area contributed by atoms with Crippen LogP contribution >= 0.6 is 11.3 Å². The topological polar surface area (TPSA) is 48.5 Å². The molecule has 0 saturated carbocycles. The molecule has 5 nitrogen and oxygen atoms in total. The van der Waals surface area contributed by atoms with Crippen molar-refractivity contribution in [3.63, 3.8) is 0 Å². The minimum atomic E-state index is 0.0416. The van der Waals surface area contributed by atoms with Crippen molar-refractivity contribution in [1.82, 2.24) is 15.2 Å². The highest BCUT2D eigenvalue weighted by Crippen LogP contribution is 2.20.